The average Bonchev–Trinajstić information content (AvgIpc) is 2.93. The highest BCUT2D eigenvalue weighted by Crippen LogP contribution is 2.33. The van der Waals surface area contributed by atoms with Crippen LogP contribution in [0.15, 0.2) is 48.5 Å². The minimum atomic E-state index is -4.68. The number of benzene rings is 2. The van der Waals surface area contributed by atoms with Crippen molar-refractivity contribution in [3.63, 3.8) is 0 Å². The van der Waals surface area contributed by atoms with Crippen molar-refractivity contribution in [2.75, 3.05) is 29.0 Å². The fraction of sp³-hybridized carbons (Fsp3) is 0.379. The normalized spacial score (nSPS) is 15.3. The van der Waals surface area contributed by atoms with Gasteiger partial charge in [-0.15, -0.1) is 0 Å². The minimum Gasteiger partial charge on any atom is -0.356 e. The van der Waals surface area contributed by atoms with Crippen LogP contribution in [0.4, 0.5) is 37.8 Å². The Hall–Kier alpha value is -3.81. The Bertz CT molecular complexity index is 1590. The van der Waals surface area contributed by atoms with Gasteiger partial charge in [-0.1, -0.05) is 18.2 Å². The van der Waals surface area contributed by atoms with E-state index in [0.717, 1.165) is 30.5 Å². The molecule has 0 aliphatic carbocycles. The first kappa shape index (κ1) is 32.1. The van der Waals surface area contributed by atoms with Gasteiger partial charge in [0.2, 0.25) is 15.9 Å². The highest BCUT2D eigenvalue weighted by Gasteiger charge is 2.34. The topological polar surface area (TPSA) is 91.4 Å². The van der Waals surface area contributed by atoms with Gasteiger partial charge < -0.3 is 10.2 Å². The molecular formula is C29H30F6N4O3S. The summed E-state index contributed by atoms with van der Waals surface area (Å²) in [6, 6.07) is 9.45. The summed E-state index contributed by atoms with van der Waals surface area (Å²) in [6.45, 7) is 2.10. The molecule has 0 spiro atoms. The lowest BCUT2D eigenvalue weighted by atomic mass is 9.90. The lowest BCUT2D eigenvalue weighted by Gasteiger charge is -2.34. The molecule has 2 aromatic carbocycles. The van der Waals surface area contributed by atoms with E-state index < -0.39 is 51.2 Å². The molecule has 1 unspecified atom stereocenters. The van der Waals surface area contributed by atoms with Gasteiger partial charge in [-0.05, 0) is 73.6 Å². The van der Waals surface area contributed by atoms with Gasteiger partial charge in [0.1, 0.15) is 17.3 Å². The Balaban J connectivity index is 1.45. The lowest BCUT2D eigenvalue weighted by Crippen LogP contribution is -2.36. The third kappa shape index (κ3) is 8.39. The molecule has 1 amide bonds. The fourth-order valence-corrected chi connectivity index (χ4v) is 5.53. The molecule has 1 aliphatic rings. The fourth-order valence-electron chi connectivity index (χ4n) is 4.97. The summed E-state index contributed by atoms with van der Waals surface area (Å²) in [5.74, 6) is -3.94. The van der Waals surface area contributed by atoms with E-state index in [4.69, 9.17) is 0 Å². The maximum absolute atomic E-state index is 14.4. The Morgan fingerprint density at radius 3 is 2.30 bits per heavy atom. The number of aromatic nitrogens is 1. The Morgan fingerprint density at radius 1 is 1.00 bits per heavy atom. The number of hydrogen-bond donors (Lipinski definition) is 2. The smallest absolute Gasteiger partial charge is 0.356 e. The molecule has 14 heteroatoms. The maximum Gasteiger partial charge on any atom is 0.433 e. The van der Waals surface area contributed by atoms with Crippen LogP contribution in [0, 0.1) is 23.4 Å². The van der Waals surface area contributed by atoms with Gasteiger partial charge in [-0.25, -0.2) is 26.6 Å². The number of alkyl halides is 3. The molecule has 1 saturated heterocycles. The molecule has 232 valence electrons. The van der Waals surface area contributed by atoms with Gasteiger partial charge in [-0.2, -0.15) is 13.2 Å². The first-order valence-corrected chi connectivity index (χ1v) is 15.3. The van der Waals surface area contributed by atoms with Crippen LogP contribution in [0.25, 0.3) is 0 Å². The Kier molecular flexibility index (Phi) is 9.57. The van der Waals surface area contributed by atoms with Gasteiger partial charge in [0, 0.05) is 25.2 Å². The van der Waals surface area contributed by atoms with Gasteiger partial charge in [-0.3, -0.25) is 9.52 Å². The monoisotopic (exact) mass is 628 g/mol. The van der Waals surface area contributed by atoms with Gasteiger partial charge in [0.25, 0.3) is 0 Å². The molecule has 1 aromatic heterocycles. The summed E-state index contributed by atoms with van der Waals surface area (Å²) in [6.07, 6.45) is -2.16. The molecule has 1 atom stereocenters. The highest BCUT2D eigenvalue weighted by atomic mass is 32.2. The Labute approximate surface area is 245 Å². The zero-order valence-corrected chi connectivity index (χ0v) is 24.1. The second kappa shape index (κ2) is 12.8. The number of hydrogen-bond acceptors (Lipinski definition) is 5. The highest BCUT2D eigenvalue weighted by molar-refractivity contribution is 7.92. The molecule has 3 aromatic rings. The van der Waals surface area contributed by atoms with Crippen LogP contribution >= 0.6 is 0 Å². The third-order valence-electron chi connectivity index (χ3n) is 7.30. The number of pyridine rings is 1. The predicted molar refractivity (Wildman–Crippen MR) is 149 cm³/mol. The van der Waals surface area contributed by atoms with Gasteiger partial charge in [0.15, 0.2) is 11.6 Å². The van der Waals surface area contributed by atoms with Crippen LogP contribution in [-0.2, 0) is 34.0 Å². The zero-order chi connectivity index (χ0) is 31.5. The summed E-state index contributed by atoms with van der Waals surface area (Å²) in [7, 11) is -3.71. The minimum absolute atomic E-state index is 0.0799. The Morgan fingerprint density at radius 2 is 1.70 bits per heavy atom. The van der Waals surface area contributed by atoms with E-state index in [-0.39, 0.29) is 29.5 Å². The van der Waals surface area contributed by atoms with Gasteiger partial charge >= 0.3 is 6.18 Å². The third-order valence-corrected chi connectivity index (χ3v) is 7.89. The van der Waals surface area contributed by atoms with E-state index in [1.54, 1.807) is 4.90 Å². The van der Waals surface area contributed by atoms with Crippen LogP contribution in [0.2, 0.25) is 0 Å². The summed E-state index contributed by atoms with van der Waals surface area (Å²) >= 11 is 0. The SMILES string of the molecule is CC(C(=O)NCc1ccc(C(F)(F)F)nc1N1CCC(Cc2ccc(F)c(F)c2)CC1)c1ccc(NS(C)(=O)=O)c(F)c1. The molecule has 0 radical (unpaired) electrons. The van der Waals surface area contributed by atoms with Crippen LogP contribution in [-0.4, -0.2) is 38.7 Å². The number of halogens is 6. The number of nitrogens with one attached hydrogen (secondary N) is 2. The van der Waals surface area contributed by atoms with Crippen LogP contribution in [0.1, 0.15) is 48.1 Å². The molecule has 0 saturated carbocycles. The lowest BCUT2D eigenvalue weighted by molar-refractivity contribution is -0.141. The largest absolute Gasteiger partial charge is 0.433 e. The number of rotatable bonds is 9. The summed E-state index contributed by atoms with van der Waals surface area (Å²) in [5, 5.41) is 2.67. The molecule has 2 N–H and O–H groups in total. The molecular weight excluding hydrogens is 598 g/mol. The maximum atomic E-state index is 14.4. The molecule has 1 fully saturated rings. The van der Waals surface area contributed by atoms with E-state index in [1.165, 1.54) is 31.2 Å². The molecule has 2 heterocycles. The zero-order valence-electron chi connectivity index (χ0n) is 23.3. The van der Waals surface area contributed by atoms with Crippen LogP contribution in [0.3, 0.4) is 0 Å². The van der Waals surface area contributed by atoms with Crippen molar-refractivity contribution in [1.29, 1.82) is 0 Å². The number of amides is 1. The number of sulfonamides is 1. The van der Waals surface area contributed by atoms with E-state index in [1.807, 2.05) is 4.72 Å². The van der Waals surface area contributed by atoms with Crippen molar-refractivity contribution in [2.24, 2.45) is 5.92 Å². The van der Waals surface area contributed by atoms with Crippen molar-refractivity contribution in [2.45, 2.75) is 44.8 Å². The summed E-state index contributed by atoms with van der Waals surface area (Å²) in [4.78, 5) is 18.5. The first-order chi connectivity index (χ1) is 20.1. The van der Waals surface area contributed by atoms with Crippen LogP contribution in [0.5, 0.6) is 0 Å². The first-order valence-electron chi connectivity index (χ1n) is 13.4. The van der Waals surface area contributed by atoms with E-state index in [2.05, 4.69) is 10.3 Å². The average molecular weight is 629 g/mol. The quantitative estimate of drug-likeness (QED) is 0.294. The number of carbonyl (C=O) groups excluding carboxylic acids is 1. The van der Waals surface area contributed by atoms with Crippen molar-refractivity contribution in [3.8, 4) is 0 Å². The van der Waals surface area contributed by atoms with Crippen molar-refractivity contribution < 1.29 is 39.6 Å². The van der Waals surface area contributed by atoms with Crippen molar-refractivity contribution in [1.82, 2.24) is 10.3 Å². The molecule has 7 nitrogen and oxygen atoms in total. The second-order valence-electron chi connectivity index (χ2n) is 10.6. The number of nitrogens with zero attached hydrogens (tertiary/aromatic N) is 2. The number of anilines is 2. The molecule has 0 bridgehead atoms. The molecule has 43 heavy (non-hydrogen) atoms. The number of carbonyl (C=O) groups is 1. The standard InChI is InChI=1S/C29H30F6N4O3S/c1-17(20-4-7-25(24(32)15-20)38-43(2,41)42)28(40)36-16-21-5-8-26(29(33,34)35)37-27(21)39-11-9-18(10-12-39)13-19-3-6-22(30)23(31)14-19/h3-8,14-15,17-18,38H,9-13,16H2,1-2H3,(H,36,40). The summed E-state index contributed by atoms with van der Waals surface area (Å²) < 4.78 is 107. The molecule has 1 aliphatic heterocycles. The van der Waals surface area contributed by atoms with E-state index >= 15 is 0 Å². The van der Waals surface area contributed by atoms with E-state index in [0.29, 0.717) is 43.5 Å². The van der Waals surface area contributed by atoms with Crippen LogP contribution < -0.4 is 14.9 Å². The van der Waals surface area contributed by atoms with Gasteiger partial charge in [0.05, 0.1) is 17.9 Å². The number of piperidine rings is 1. The molecule has 4 rings (SSSR count). The van der Waals surface area contributed by atoms with E-state index in [9.17, 15) is 39.6 Å². The second-order valence-corrected chi connectivity index (χ2v) is 12.4. The van der Waals surface area contributed by atoms with Crippen molar-refractivity contribution in [3.05, 3.63) is 88.4 Å². The van der Waals surface area contributed by atoms with Crippen molar-refractivity contribution >= 4 is 27.4 Å². The summed E-state index contributed by atoms with van der Waals surface area (Å²) in [5.41, 5.74) is -0.0938. The predicted octanol–water partition coefficient (Wildman–Crippen LogP) is 5.77.